The Morgan fingerprint density at radius 2 is 1.84 bits per heavy atom. The average molecular weight is 454 g/mol. The Balaban J connectivity index is 1.69. The van der Waals surface area contributed by atoms with Crippen molar-refractivity contribution in [3.05, 3.63) is 66.2 Å². The number of amides is 3. The number of rotatable bonds is 7. The number of anilines is 2. The van der Waals surface area contributed by atoms with Crippen molar-refractivity contribution >= 4 is 52.8 Å². The molecule has 0 radical (unpaired) electrons. The largest absolute Gasteiger partial charge is 0.478 e. The lowest BCUT2D eigenvalue weighted by atomic mass is 10.2. The summed E-state index contributed by atoms with van der Waals surface area (Å²) in [6, 6.07) is 12.6. The predicted octanol–water partition coefficient (Wildman–Crippen LogP) is 2.48. The summed E-state index contributed by atoms with van der Waals surface area (Å²) in [6.45, 7) is 0. The van der Waals surface area contributed by atoms with Gasteiger partial charge in [0.15, 0.2) is 0 Å². The number of imide groups is 1. The highest BCUT2D eigenvalue weighted by atomic mass is 32.2. The van der Waals surface area contributed by atoms with Gasteiger partial charge in [-0.15, -0.1) is 11.8 Å². The van der Waals surface area contributed by atoms with Crippen LogP contribution in [0, 0.1) is 0 Å². The van der Waals surface area contributed by atoms with Crippen molar-refractivity contribution in [2.45, 2.75) is 16.6 Å². The first-order valence-electron chi connectivity index (χ1n) is 9.32. The van der Waals surface area contributed by atoms with Gasteiger partial charge in [-0.2, -0.15) is 0 Å². The molecule has 2 aromatic rings. The van der Waals surface area contributed by atoms with E-state index in [-0.39, 0.29) is 18.2 Å². The van der Waals surface area contributed by atoms with Crippen LogP contribution in [0.4, 0.5) is 11.4 Å². The van der Waals surface area contributed by atoms with Gasteiger partial charge in [0.05, 0.1) is 23.6 Å². The molecule has 1 unspecified atom stereocenters. The summed E-state index contributed by atoms with van der Waals surface area (Å²) in [5.41, 5.74) is 1.09. The number of nitrogens with zero attached hydrogens (tertiary/aromatic N) is 1. The summed E-state index contributed by atoms with van der Waals surface area (Å²) < 4.78 is 4.64. The smallest absolute Gasteiger partial charge is 0.337 e. The number of nitrogens with one attached hydrogen (secondary N) is 1. The van der Waals surface area contributed by atoms with Crippen LogP contribution in [-0.4, -0.2) is 47.1 Å². The normalized spacial score (nSPS) is 15.8. The quantitative estimate of drug-likeness (QED) is 0.371. The molecule has 164 valence electrons. The maximum Gasteiger partial charge on any atom is 0.337 e. The molecule has 0 aromatic heterocycles. The minimum atomic E-state index is -1.24. The van der Waals surface area contributed by atoms with E-state index in [0.717, 1.165) is 17.1 Å². The number of hydrogen-bond donors (Lipinski definition) is 2. The highest BCUT2D eigenvalue weighted by molar-refractivity contribution is 8.00. The van der Waals surface area contributed by atoms with Gasteiger partial charge in [0.2, 0.25) is 17.7 Å². The van der Waals surface area contributed by atoms with Gasteiger partial charge in [-0.1, -0.05) is 6.07 Å². The number of carbonyl (C=O) groups is 5. The average Bonchev–Trinajstić information content (AvgIpc) is 3.04. The van der Waals surface area contributed by atoms with Crippen molar-refractivity contribution in [1.82, 2.24) is 0 Å². The van der Waals surface area contributed by atoms with Crippen LogP contribution in [0.3, 0.4) is 0 Å². The van der Waals surface area contributed by atoms with E-state index >= 15 is 0 Å². The van der Waals surface area contributed by atoms with Crippen molar-refractivity contribution < 1.29 is 33.8 Å². The maximum atomic E-state index is 12.9. The SMILES string of the molecule is COC(=O)c1ccc(N2C(=O)CC(Sc3cccc(NC(=O)C=CC(=O)O)c3)C2=O)cc1. The van der Waals surface area contributed by atoms with Gasteiger partial charge >= 0.3 is 11.9 Å². The van der Waals surface area contributed by atoms with Crippen LogP contribution in [0.15, 0.2) is 65.6 Å². The second-order valence-corrected chi connectivity index (χ2v) is 7.88. The third kappa shape index (κ3) is 5.41. The van der Waals surface area contributed by atoms with E-state index in [4.69, 9.17) is 5.11 Å². The molecular weight excluding hydrogens is 436 g/mol. The zero-order valence-electron chi connectivity index (χ0n) is 16.8. The molecule has 1 fully saturated rings. The summed E-state index contributed by atoms with van der Waals surface area (Å²) in [5.74, 6) is -3.11. The number of benzene rings is 2. The molecular formula is C22H18N2O7S. The first-order chi connectivity index (χ1) is 15.3. The summed E-state index contributed by atoms with van der Waals surface area (Å²) in [5, 5.41) is 10.5. The van der Waals surface area contributed by atoms with Crippen molar-refractivity contribution in [2.24, 2.45) is 0 Å². The Morgan fingerprint density at radius 3 is 2.50 bits per heavy atom. The summed E-state index contributed by atoms with van der Waals surface area (Å²) >= 11 is 1.18. The molecule has 1 saturated heterocycles. The molecule has 1 heterocycles. The number of ether oxygens (including phenoxy) is 1. The zero-order valence-corrected chi connectivity index (χ0v) is 17.6. The zero-order chi connectivity index (χ0) is 23.3. The number of carboxylic acid groups (broad SMARTS) is 1. The fraction of sp³-hybridized carbons (Fsp3) is 0.136. The molecule has 3 amide bonds. The fourth-order valence-corrected chi connectivity index (χ4v) is 4.09. The standard InChI is InChI=1S/C22H18N2O7S/c1-31-22(30)13-5-7-15(8-6-13)24-19(26)12-17(21(24)29)32-16-4-2-3-14(11-16)23-18(25)9-10-20(27)28/h2-11,17H,12H2,1H3,(H,23,25)(H,27,28). The molecule has 1 atom stereocenters. The van der Waals surface area contributed by atoms with Gasteiger partial charge in [-0.05, 0) is 42.5 Å². The lowest BCUT2D eigenvalue weighted by Gasteiger charge is -2.15. The van der Waals surface area contributed by atoms with Gasteiger partial charge in [-0.25, -0.2) is 14.5 Å². The Kier molecular flexibility index (Phi) is 7.06. The van der Waals surface area contributed by atoms with Gasteiger partial charge in [-0.3, -0.25) is 14.4 Å². The summed E-state index contributed by atoms with van der Waals surface area (Å²) in [6.07, 6.45) is 1.62. The minimum absolute atomic E-state index is 0.000188. The highest BCUT2D eigenvalue weighted by Gasteiger charge is 2.40. The van der Waals surface area contributed by atoms with Gasteiger partial charge in [0, 0.05) is 29.2 Å². The van der Waals surface area contributed by atoms with Gasteiger partial charge in [0.25, 0.3) is 0 Å². The monoisotopic (exact) mass is 454 g/mol. The minimum Gasteiger partial charge on any atom is -0.478 e. The number of thioether (sulfide) groups is 1. The maximum absolute atomic E-state index is 12.9. The number of hydrogen-bond acceptors (Lipinski definition) is 7. The second kappa shape index (κ2) is 9.92. The molecule has 1 aliphatic heterocycles. The van der Waals surface area contributed by atoms with Crippen LogP contribution in [0.2, 0.25) is 0 Å². The van der Waals surface area contributed by atoms with Crippen molar-refractivity contribution in [3.8, 4) is 0 Å². The van der Waals surface area contributed by atoms with Crippen LogP contribution in [-0.2, 0) is 23.9 Å². The molecule has 2 aromatic carbocycles. The van der Waals surface area contributed by atoms with Gasteiger partial charge in [0.1, 0.15) is 0 Å². The van der Waals surface area contributed by atoms with E-state index < -0.39 is 23.1 Å². The molecule has 0 spiro atoms. The number of aliphatic carboxylic acids is 1. The Hall–Kier alpha value is -3.92. The number of methoxy groups -OCH3 is 1. The van der Waals surface area contributed by atoms with Crippen LogP contribution < -0.4 is 10.2 Å². The molecule has 2 N–H and O–H groups in total. The topological polar surface area (TPSA) is 130 Å². The fourth-order valence-electron chi connectivity index (χ4n) is 2.97. The highest BCUT2D eigenvalue weighted by Crippen LogP contribution is 2.35. The molecule has 0 aliphatic carbocycles. The van der Waals surface area contributed by atoms with Crippen LogP contribution in [0.5, 0.6) is 0 Å². The molecule has 32 heavy (non-hydrogen) atoms. The third-order valence-corrected chi connectivity index (χ3v) is 5.59. The van der Waals surface area contributed by atoms with Crippen molar-refractivity contribution in [3.63, 3.8) is 0 Å². The molecule has 0 bridgehead atoms. The molecule has 0 saturated carbocycles. The molecule has 1 aliphatic rings. The van der Waals surface area contributed by atoms with E-state index in [2.05, 4.69) is 10.1 Å². The van der Waals surface area contributed by atoms with E-state index in [1.165, 1.54) is 43.1 Å². The summed E-state index contributed by atoms with van der Waals surface area (Å²) in [4.78, 5) is 60.9. The Bertz CT molecular complexity index is 1110. The predicted molar refractivity (Wildman–Crippen MR) is 116 cm³/mol. The third-order valence-electron chi connectivity index (χ3n) is 4.41. The molecule has 9 nitrogen and oxygen atoms in total. The molecule has 10 heteroatoms. The van der Waals surface area contributed by atoms with Crippen molar-refractivity contribution in [2.75, 3.05) is 17.3 Å². The van der Waals surface area contributed by atoms with Gasteiger partial charge < -0.3 is 15.2 Å². The Morgan fingerprint density at radius 1 is 1.12 bits per heavy atom. The first kappa shape index (κ1) is 22.8. The molecule has 3 rings (SSSR count). The first-order valence-corrected chi connectivity index (χ1v) is 10.2. The lowest BCUT2D eigenvalue weighted by molar-refractivity contribution is -0.131. The lowest BCUT2D eigenvalue weighted by Crippen LogP contribution is -2.31. The van der Waals surface area contributed by atoms with E-state index in [1.807, 2.05) is 0 Å². The van der Waals surface area contributed by atoms with Crippen molar-refractivity contribution in [1.29, 1.82) is 0 Å². The van der Waals surface area contributed by atoms with E-state index in [0.29, 0.717) is 21.8 Å². The second-order valence-electron chi connectivity index (χ2n) is 6.61. The number of esters is 1. The van der Waals surface area contributed by atoms with Crippen LogP contribution in [0.1, 0.15) is 16.8 Å². The summed E-state index contributed by atoms with van der Waals surface area (Å²) in [7, 11) is 1.26. The number of carbonyl (C=O) groups excluding carboxylic acids is 4. The van der Waals surface area contributed by atoms with E-state index in [1.54, 1.807) is 24.3 Å². The van der Waals surface area contributed by atoms with Crippen LogP contribution in [0.25, 0.3) is 0 Å². The van der Waals surface area contributed by atoms with E-state index in [9.17, 15) is 24.0 Å². The number of carboxylic acids is 1. The van der Waals surface area contributed by atoms with Crippen LogP contribution >= 0.6 is 11.8 Å². The Labute approximate surface area is 187 Å².